The molecule has 0 radical (unpaired) electrons. The van der Waals surface area contributed by atoms with Gasteiger partial charge >= 0.3 is 0 Å². The first-order chi connectivity index (χ1) is 11.6. The smallest absolute Gasteiger partial charge is 0.123 e. The second-order valence-corrected chi connectivity index (χ2v) is 6.12. The van der Waals surface area contributed by atoms with Crippen molar-refractivity contribution in [1.82, 2.24) is 0 Å². The van der Waals surface area contributed by atoms with Crippen molar-refractivity contribution in [2.45, 2.75) is 40.0 Å². The maximum absolute atomic E-state index is 6.10. The third-order valence-electron chi connectivity index (χ3n) is 4.37. The van der Waals surface area contributed by atoms with Gasteiger partial charge in [-0.2, -0.15) is 0 Å². The summed E-state index contributed by atoms with van der Waals surface area (Å²) in [7, 11) is 0. The number of hydrogen-bond donors (Lipinski definition) is 1. The van der Waals surface area contributed by atoms with E-state index < -0.39 is 0 Å². The second kappa shape index (κ2) is 8.74. The molecule has 1 unspecified atom stereocenters. The maximum Gasteiger partial charge on any atom is 0.123 e. The van der Waals surface area contributed by atoms with E-state index in [0.29, 0.717) is 19.8 Å². The number of aryl methyl sites for hydroxylation is 2. The molecule has 2 aromatic carbocycles. The van der Waals surface area contributed by atoms with E-state index in [0.717, 1.165) is 17.9 Å². The van der Waals surface area contributed by atoms with Crippen molar-refractivity contribution in [3.8, 4) is 11.5 Å². The minimum atomic E-state index is 0.240. The molecule has 0 spiro atoms. The minimum absolute atomic E-state index is 0.240. The van der Waals surface area contributed by atoms with Crippen LogP contribution in [0.2, 0.25) is 0 Å². The highest BCUT2D eigenvalue weighted by atomic mass is 16.5. The summed E-state index contributed by atoms with van der Waals surface area (Å²) in [6, 6.07) is 12.7. The number of ether oxygens (including phenoxy) is 2. The predicted octanol–water partition coefficient (Wildman–Crippen LogP) is 4.39. The summed E-state index contributed by atoms with van der Waals surface area (Å²) in [5, 5.41) is 0. The number of benzene rings is 2. The average molecular weight is 327 g/mol. The van der Waals surface area contributed by atoms with Crippen molar-refractivity contribution in [1.29, 1.82) is 0 Å². The van der Waals surface area contributed by atoms with E-state index >= 15 is 0 Å². The van der Waals surface area contributed by atoms with Crippen LogP contribution < -0.4 is 15.2 Å². The van der Waals surface area contributed by atoms with Gasteiger partial charge in [0.2, 0.25) is 0 Å². The Bertz CT molecular complexity index is 650. The molecule has 0 aliphatic heterocycles. The molecule has 0 heterocycles. The summed E-state index contributed by atoms with van der Waals surface area (Å²) in [5.74, 6) is 2.11. The Balaban J connectivity index is 2.25. The highest BCUT2D eigenvalue weighted by Gasteiger charge is 2.17. The molecule has 1 atom stereocenters. The van der Waals surface area contributed by atoms with E-state index in [2.05, 4.69) is 38.1 Å². The summed E-state index contributed by atoms with van der Waals surface area (Å²) in [6.45, 7) is 10.2. The third-order valence-corrected chi connectivity index (χ3v) is 4.37. The van der Waals surface area contributed by atoms with Gasteiger partial charge in [0.1, 0.15) is 11.5 Å². The lowest BCUT2D eigenvalue weighted by atomic mass is 9.89. The largest absolute Gasteiger partial charge is 0.494 e. The van der Waals surface area contributed by atoms with Gasteiger partial charge < -0.3 is 15.2 Å². The van der Waals surface area contributed by atoms with Crippen molar-refractivity contribution in [2.75, 3.05) is 19.8 Å². The van der Waals surface area contributed by atoms with E-state index in [1.54, 1.807) is 0 Å². The Kier molecular flexibility index (Phi) is 6.68. The van der Waals surface area contributed by atoms with Gasteiger partial charge in [0.15, 0.2) is 0 Å². The van der Waals surface area contributed by atoms with Crippen LogP contribution in [0.5, 0.6) is 11.5 Å². The zero-order valence-electron chi connectivity index (χ0n) is 15.3. The van der Waals surface area contributed by atoms with Crippen LogP contribution in [0, 0.1) is 13.8 Å². The molecule has 0 aliphatic rings. The number of hydrogen-bond acceptors (Lipinski definition) is 3. The van der Waals surface area contributed by atoms with E-state index in [9.17, 15) is 0 Å². The monoisotopic (exact) mass is 327 g/mol. The van der Waals surface area contributed by atoms with Crippen molar-refractivity contribution in [3.05, 3.63) is 58.7 Å². The fraction of sp³-hybridized carbons (Fsp3) is 0.429. The molecule has 0 aromatic heterocycles. The molecule has 24 heavy (non-hydrogen) atoms. The standard InChI is InChI=1S/C21H29NO2/c1-5-23-19-9-7-17(8-10-19)13-18(14-22)20-11-15(3)16(4)12-21(20)24-6-2/h7-12,18H,5-6,13-14,22H2,1-4H3. The van der Waals surface area contributed by atoms with Crippen LogP contribution >= 0.6 is 0 Å². The van der Waals surface area contributed by atoms with Gasteiger partial charge in [-0.25, -0.2) is 0 Å². The van der Waals surface area contributed by atoms with Gasteiger partial charge in [-0.05, 0) is 81.1 Å². The Morgan fingerprint density at radius 3 is 2.12 bits per heavy atom. The van der Waals surface area contributed by atoms with Crippen LogP contribution in [0.15, 0.2) is 36.4 Å². The summed E-state index contributed by atoms with van der Waals surface area (Å²) in [5.41, 5.74) is 11.1. The average Bonchev–Trinajstić information content (AvgIpc) is 2.58. The van der Waals surface area contributed by atoms with E-state index in [4.69, 9.17) is 15.2 Å². The Morgan fingerprint density at radius 2 is 1.54 bits per heavy atom. The zero-order chi connectivity index (χ0) is 17.5. The normalized spacial score (nSPS) is 12.0. The van der Waals surface area contributed by atoms with Crippen LogP contribution in [-0.2, 0) is 6.42 Å². The Hall–Kier alpha value is -2.00. The first kappa shape index (κ1) is 18.3. The van der Waals surface area contributed by atoms with Gasteiger partial charge in [-0.3, -0.25) is 0 Å². The minimum Gasteiger partial charge on any atom is -0.494 e. The summed E-state index contributed by atoms with van der Waals surface area (Å²) >= 11 is 0. The Labute approximate surface area is 145 Å². The SMILES string of the molecule is CCOc1ccc(CC(CN)c2cc(C)c(C)cc2OCC)cc1. The predicted molar refractivity (Wildman–Crippen MR) is 100 cm³/mol. The molecule has 3 nitrogen and oxygen atoms in total. The highest BCUT2D eigenvalue weighted by molar-refractivity contribution is 5.44. The molecule has 0 aliphatic carbocycles. The molecular weight excluding hydrogens is 298 g/mol. The number of rotatable bonds is 8. The van der Waals surface area contributed by atoms with Gasteiger partial charge in [0.25, 0.3) is 0 Å². The quantitative estimate of drug-likeness (QED) is 0.782. The second-order valence-electron chi connectivity index (χ2n) is 6.12. The lowest BCUT2D eigenvalue weighted by Gasteiger charge is -2.21. The summed E-state index contributed by atoms with van der Waals surface area (Å²) in [4.78, 5) is 0. The molecule has 0 bridgehead atoms. The summed E-state index contributed by atoms with van der Waals surface area (Å²) < 4.78 is 11.4. The van der Waals surface area contributed by atoms with Crippen molar-refractivity contribution < 1.29 is 9.47 Å². The Morgan fingerprint density at radius 1 is 0.917 bits per heavy atom. The first-order valence-electron chi connectivity index (χ1n) is 8.74. The molecule has 0 fully saturated rings. The van der Waals surface area contributed by atoms with Crippen molar-refractivity contribution in [3.63, 3.8) is 0 Å². The fourth-order valence-corrected chi connectivity index (χ4v) is 2.90. The molecule has 0 amide bonds. The van der Waals surface area contributed by atoms with Crippen LogP contribution in [-0.4, -0.2) is 19.8 Å². The molecule has 2 rings (SSSR count). The first-order valence-corrected chi connectivity index (χ1v) is 8.74. The van der Waals surface area contributed by atoms with E-state index in [1.165, 1.54) is 22.3 Å². The molecule has 0 saturated heterocycles. The van der Waals surface area contributed by atoms with E-state index in [-0.39, 0.29) is 5.92 Å². The molecule has 0 saturated carbocycles. The lowest BCUT2D eigenvalue weighted by molar-refractivity contribution is 0.333. The summed E-state index contributed by atoms with van der Waals surface area (Å²) in [6.07, 6.45) is 0.894. The van der Waals surface area contributed by atoms with Gasteiger partial charge in [-0.15, -0.1) is 0 Å². The molecular formula is C21H29NO2. The highest BCUT2D eigenvalue weighted by Crippen LogP contribution is 2.32. The van der Waals surface area contributed by atoms with Gasteiger partial charge in [0, 0.05) is 5.92 Å². The maximum atomic E-state index is 6.10. The molecule has 130 valence electrons. The van der Waals surface area contributed by atoms with E-state index in [1.807, 2.05) is 26.0 Å². The fourth-order valence-electron chi connectivity index (χ4n) is 2.90. The van der Waals surface area contributed by atoms with Crippen LogP contribution in [0.3, 0.4) is 0 Å². The van der Waals surface area contributed by atoms with Gasteiger partial charge in [-0.1, -0.05) is 18.2 Å². The van der Waals surface area contributed by atoms with Crippen molar-refractivity contribution in [2.24, 2.45) is 5.73 Å². The number of nitrogens with two attached hydrogens (primary N) is 1. The lowest BCUT2D eigenvalue weighted by Crippen LogP contribution is -2.16. The van der Waals surface area contributed by atoms with Crippen LogP contribution in [0.25, 0.3) is 0 Å². The van der Waals surface area contributed by atoms with Gasteiger partial charge in [0.05, 0.1) is 13.2 Å². The van der Waals surface area contributed by atoms with Crippen LogP contribution in [0.4, 0.5) is 0 Å². The van der Waals surface area contributed by atoms with Crippen molar-refractivity contribution >= 4 is 0 Å². The molecule has 2 aromatic rings. The zero-order valence-corrected chi connectivity index (χ0v) is 15.3. The third kappa shape index (κ3) is 4.51. The van der Waals surface area contributed by atoms with Crippen LogP contribution in [0.1, 0.15) is 42.0 Å². The molecule has 3 heteroatoms. The molecule has 2 N–H and O–H groups in total. The topological polar surface area (TPSA) is 44.5 Å².